The number of aromatic nitrogens is 4. The van der Waals surface area contributed by atoms with Gasteiger partial charge in [0.15, 0.2) is 5.82 Å². The maximum absolute atomic E-state index is 12.2. The lowest BCUT2D eigenvalue weighted by Crippen LogP contribution is -2.14. The van der Waals surface area contributed by atoms with Crippen molar-refractivity contribution in [2.75, 3.05) is 12.4 Å². The van der Waals surface area contributed by atoms with Gasteiger partial charge in [-0.2, -0.15) is 0 Å². The molecule has 0 unspecified atom stereocenters. The highest BCUT2D eigenvalue weighted by Gasteiger charge is 2.13. The first-order chi connectivity index (χ1) is 15.1. The molecule has 2 N–H and O–H groups in total. The van der Waals surface area contributed by atoms with Gasteiger partial charge in [-0.1, -0.05) is 41.6 Å². The Bertz CT molecular complexity index is 1180. The summed E-state index contributed by atoms with van der Waals surface area (Å²) in [4.78, 5) is 21.3. The zero-order valence-electron chi connectivity index (χ0n) is 16.5. The molecule has 0 radical (unpaired) electrons. The molecule has 2 heterocycles. The van der Waals surface area contributed by atoms with Gasteiger partial charge in [0.1, 0.15) is 10.8 Å². The normalized spacial score (nSPS) is 10.8. The summed E-state index contributed by atoms with van der Waals surface area (Å²) >= 11 is 9.02. The van der Waals surface area contributed by atoms with Gasteiger partial charge >= 0.3 is 0 Å². The van der Waals surface area contributed by atoms with Crippen LogP contribution in [0.5, 0.6) is 5.75 Å². The van der Waals surface area contributed by atoms with E-state index in [0.717, 1.165) is 22.0 Å². The third kappa shape index (κ3) is 5.63. The zero-order valence-corrected chi connectivity index (χ0v) is 18.9. The average molecular weight is 472 g/mol. The monoisotopic (exact) mass is 471 g/mol. The Balaban J connectivity index is 1.34. The number of anilines is 1. The standard InChI is InChI=1S/C21H18ClN5O2S2/c1-29-17-8-7-13(22)9-16(17)20-25-21(27-26-20)31-12-15-11-30-19(24-15)10-18(28)23-14-5-3-2-4-6-14/h2-9,11H,10,12H2,1H3,(H,23,28)(H,25,26,27). The maximum atomic E-state index is 12.2. The SMILES string of the molecule is COc1ccc(Cl)cc1-c1nc(SCc2csc(CC(=O)Nc3ccccc3)n2)n[nH]1. The smallest absolute Gasteiger partial charge is 0.231 e. The molecular weight excluding hydrogens is 454 g/mol. The number of nitrogens with one attached hydrogen (secondary N) is 2. The lowest BCUT2D eigenvalue weighted by atomic mass is 10.2. The Kier molecular flexibility index (Phi) is 6.86. The van der Waals surface area contributed by atoms with Crippen LogP contribution in [0.4, 0.5) is 5.69 Å². The first-order valence-electron chi connectivity index (χ1n) is 9.28. The van der Waals surface area contributed by atoms with E-state index in [9.17, 15) is 4.79 Å². The molecule has 0 bridgehead atoms. The Hall–Kier alpha value is -2.88. The van der Waals surface area contributed by atoms with Gasteiger partial charge in [-0.15, -0.1) is 16.4 Å². The van der Waals surface area contributed by atoms with E-state index in [-0.39, 0.29) is 12.3 Å². The molecule has 4 aromatic rings. The van der Waals surface area contributed by atoms with Crippen LogP contribution >= 0.6 is 34.7 Å². The van der Waals surface area contributed by atoms with Gasteiger partial charge < -0.3 is 10.1 Å². The molecule has 7 nitrogen and oxygen atoms in total. The zero-order chi connectivity index (χ0) is 21.6. The third-order valence-corrected chi connectivity index (χ3v) is 6.21. The summed E-state index contributed by atoms with van der Waals surface area (Å²) in [5, 5.41) is 13.9. The number of ether oxygens (including phenoxy) is 1. The number of hydrogen-bond acceptors (Lipinski definition) is 7. The Morgan fingerprint density at radius 2 is 2.06 bits per heavy atom. The number of hydrogen-bond donors (Lipinski definition) is 2. The van der Waals surface area contributed by atoms with E-state index in [1.54, 1.807) is 25.3 Å². The van der Waals surface area contributed by atoms with Crippen molar-refractivity contribution in [3.05, 3.63) is 69.6 Å². The van der Waals surface area contributed by atoms with Gasteiger partial charge in [0.2, 0.25) is 11.1 Å². The van der Waals surface area contributed by atoms with Crippen molar-refractivity contribution < 1.29 is 9.53 Å². The molecule has 4 rings (SSSR count). The van der Waals surface area contributed by atoms with Crippen molar-refractivity contribution in [3.63, 3.8) is 0 Å². The maximum Gasteiger partial charge on any atom is 0.231 e. The molecule has 10 heteroatoms. The molecule has 1 amide bonds. The second kappa shape index (κ2) is 9.95. The van der Waals surface area contributed by atoms with Crippen LogP contribution in [0, 0.1) is 0 Å². The van der Waals surface area contributed by atoms with Gasteiger partial charge in [-0.3, -0.25) is 9.89 Å². The van der Waals surface area contributed by atoms with E-state index in [1.807, 2.05) is 35.7 Å². The fourth-order valence-corrected chi connectivity index (χ4v) is 4.56. The van der Waals surface area contributed by atoms with E-state index < -0.39 is 0 Å². The van der Waals surface area contributed by atoms with Crippen molar-refractivity contribution in [2.24, 2.45) is 0 Å². The van der Waals surface area contributed by atoms with E-state index >= 15 is 0 Å². The van der Waals surface area contributed by atoms with Crippen molar-refractivity contribution >= 4 is 46.3 Å². The molecule has 2 aromatic carbocycles. The Morgan fingerprint density at radius 1 is 1.23 bits per heavy atom. The summed E-state index contributed by atoms with van der Waals surface area (Å²) in [6, 6.07) is 14.7. The van der Waals surface area contributed by atoms with E-state index in [4.69, 9.17) is 16.3 Å². The number of thioether (sulfide) groups is 1. The fraction of sp³-hybridized carbons (Fsp3) is 0.143. The number of methoxy groups -OCH3 is 1. The number of carbonyl (C=O) groups excluding carboxylic acids is 1. The minimum Gasteiger partial charge on any atom is -0.496 e. The first kappa shape index (κ1) is 21.4. The average Bonchev–Trinajstić information content (AvgIpc) is 3.42. The molecule has 0 spiro atoms. The molecule has 0 saturated heterocycles. The molecule has 0 aliphatic carbocycles. The third-order valence-electron chi connectivity index (χ3n) is 4.20. The highest BCUT2D eigenvalue weighted by molar-refractivity contribution is 7.98. The minimum absolute atomic E-state index is 0.0890. The molecule has 31 heavy (non-hydrogen) atoms. The van der Waals surface area contributed by atoms with Crippen LogP contribution in [0.3, 0.4) is 0 Å². The second-order valence-corrected chi connectivity index (χ2v) is 8.75. The largest absolute Gasteiger partial charge is 0.496 e. The number of halogens is 1. The molecular formula is C21H18ClN5O2S2. The summed E-state index contributed by atoms with van der Waals surface area (Å²) in [5.41, 5.74) is 2.40. The summed E-state index contributed by atoms with van der Waals surface area (Å²) in [5.74, 6) is 1.75. The van der Waals surface area contributed by atoms with Gasteiger partial charge in [0, 0.05) is 21.8 Å². The molecule has 0 atom stereocenters. The van der Waals surface area contributed by atoms with Crippen LogP contribution in [-0.4, -0.2) is 33.2 Å². The van der Waals surface area contributed by atoms with Gasteiger partial charge in [0.25, 0.3) is 0 Å². The molecule has 0 aliphatic rings. The first-order valence-corrected chi connectivity index (χ1v) is 11.5. The van der Waals surface area contributed by atoms with Crippen LogP contribution in [0.1, 0.15) is 10.7 Å². The quantitative estimate of drug-likeness (QED) is 0.349. The summed E-state index contributed by atoms with van der Waals surface area (Å²) < 4.78 is 5.37. The number of nitrogens with zero attached hydrogens (tertiary/aromatic N) is 3. The minimum atomic E-state index is -0.0890. The van der Waals surface area contributed by atoms with Crippen molar-refractivity contribution in [2.45, 2.75) is 17.3 Å². The number of rotatable bonds is 8. The predicted molar refractivity (Wildman–Crippen MR) is 124 cm³/mol. The van der Waals surface area contributed by atoms with Gasteiger partial charge in [-0.05, 0) is 30.3 Å². The number of thiazole rings is 1. The summed E-state index contributed by atoms with van der Waals surface area (Å²) in [6.07, 6.45) is 0.240. The Morgan fingerprint density at radius 3 is 2.87 bits per heavy atom. The van der Waals surface area contributed by atoms with Crippen LogP contribution in [0.15, 0.2) is 59.1 Å². The van der Waals surface area contributed by atoms with Crippen LogP contribution in [-0.2, 0) is 17.0 Å². The van der Waals surface area contributed by atoms with Crippen LogP contribution in [0.2, 0.25) is 5.02 Å². The lowest BCUT2D eigenvalue weighted by Gasteiger charge is -2.05. The van der Waals surface area contributed by atoms with Crippen molar-refractivity contribution in [1.82, 2.24) is 20.2 Å². The van der Waals surface area contributed by atoms with E-state index in [0.29, 0.717) is 27.5 Å². The molecule has 2 aromatic heterocycles. The molecule has 0 aliphatic heterocycles. The van der Waals surface area contributed by atoms with Crippen molar-refractivity contribution in [1.29, 1.82) is 0 Å². The summed E-state index contributed by atoms with van der Waals surface area (Å²) in [7, 11) is 1.60. The van der Waals surface area contributed by atoms with Gasteiger partial charge in [0.05, 0.1) is 24.8 Å². The number of amides is 1. The van der Waals surface area contributed by atoms with E-state index in [2.05, 4.69) is 25.5 Å². The lowest BCUT2D eigenvalue weighted by molar-refractivity contribution is -0.115. The second-order valence-electron chi connectivity index (χ2n) is 6.42. The fourth-order valence-electron chi connectivity index (χ4n) is 2.80. The number of carbonyl (C=O) groups is 1. The molecule has 0 saturated carbocycles. The molecule has 158 valence electrons. The number of aromatic amines is 1. The van der Waals surface area contributed by atoms with Gasteiger partial charge in [-0.25, -0.2) is 9.97 Å². The number of H-pyrrole nitrogens is 1. The predicted octanol–water partition coefficient (Wildman–Crippen LogP) is 5.06. The molecule has 0 fully saturated rings. The van der Waals surface area contributed by atoms with Crippen molar-refractivity contribution in [3.8, 4) is 17.1 Å². The highest BCUT2D eigenvalue weighted by atomic mass is 35.5. The topological polar surface area (TPSA) is 92.8 Å². The number of benzene rings is 2. The van der Waals surface area contributed by atoms with Crippen LogP contribution in [0.25, 0.3) is 11.4 Å². The van der Waals surface area contributed by atoms with E-state index in [1.165, 1.54) is 23.1 Å². The summed E-state index contributed by atoms with van der Waals surface area (Å²) in [6.45, 7) is 0. The van der Waals surface area contributed by atoms with Crippen LogP contribution < -0.4 is 10.1 Å². The Labute approximate surface area is 192 Å². The highest BCUT2D eigenvalue weighted by Crippen LogP contribution is 2.31. The number of para-hydroxylation sites is 1.